The number of nitrogen functional groups attached to an aromatic ring is 1. The molecule has 3 rings (SSSR count). The molecule has 2 aliphatic rings. The van der Waals surface area contributed by atoms with E-state index in [4.69, 9.17) is 10.2 Å². The third-order valence-electron chi connectivity index (χ3n) is 3.85. The van der Waals surface area contributed by atoms with Gasteiger partial charge in [0, 0.05) is 25.2 Å². The maximum atomic E-state index is 5.45. The van der Waals surface area contributed by atoms with E-state index in [1.807, 2.05) is 0 Å². The average molecular weight is 223 g/mol. The smallest absolute Gasteiger partial charge is 0.319 e. The predicted molar refractivity (Wildman–Crippen MR) is 60.1 cm³/mol. The van der Waals surface area contributed by atoms with Crippen LogP contribution in [0.5, 0.6) is 0 Å². The van der Waals surface area contributed by atoms with Gasteiger partial charge >= 0.3 is 12.0 Å². The quantitative estimate of drug-likeness (QED) is 0.739. The lowest BCUT2D eigenvalue weighted by molar-refractivity contribution is 0.254. The lowest BCUT2D eigenvalue weighted by Crippen LogP contribution is -2.36. The second kappa shape index (κ2) is 3.62. The summed E-state index contributed by atoms with van der Waals surface area (Å²) < 4.78 is 5.28. The number of hydrogen-bond acceptors (Lipinski definition) is 6. The number of nitrogens with zero attached hydrogens (tertiary/aromatic N) is 4. The van der Waals surface area contributed by atoms with Crippen LogP contribution < -0.4 is 10.6 Å². The first-order chi connectivity index (χ1) is 7.74. The molecule has 6 heteroatoms. The van der Waals surface area contributed by atoms with E-state index in [1.165, 1.54) is 12.8 Å². The van der Waals surface area contributed by atoms with E-state index in [2.05, 4.69) is 27.0 Å². The Balaban J connectivity index is 1.79. The lowest BCUT2D eigenvalue weighted by Gasteiger charge is -2.23. The molecule has 2 N–H and O–H groups in total. The summed E-state index contributed by atoms with van der Waals surface area (Å²) in [6.45, 7) is 1.95. The second-order valence-corrected chi connectivity index (χ2v) is 4.71. The van der Waals surface area contributed by atoms with E-state index >= 15 is 0 Å². The minimum Gasteiger partial charge on any atom is -0.390 e. The molecular formula is C10H17N5O. The van der Waals surface area contributed by atoms with Crippen molar-refractivity contribution in [3.05, 3.63) is 0 Å². The van der Waals surface area contributed by atoms with Crippen molar-refractivity contribution in [3.8, 4) is 0 Å². The first-order valence-corrected chi connectivity index (χ1v) is 5.80. The van der Waals surface area contributed by atoms with Crippen molar-refractivity contribution >= 4 is 12.0 Å². The summed E-state index contributed by atoms with van der Waals surface area (Å²) in [6, 6.07) is 2.05. The first-order valence-electron chi connectivity index (χ1n) is 5.80. The van der Waals surface area contributed by atoms with Crippen LogP contribution in [0, 0.1) is 0 Å². The fourth-order valence-electron chi connectivity index (χ4n) is 2.84. The van der Waals surface area contributed by atoms with Gasteiger partial charge in [0.2, 0.25) is 0 Å². The van der Waals surface area contributed by atoms with Gasteiger partial charge in [-0.05, 0) is 26.3 Å². The maximum absolute atomic E-state index is 5.45. The van der Waals surface area contributed by atoms with E-state index in [0.717, 1.165) is 25.6 Å². The zero-order valence-corrected chi connectivity index (χ0v) is 9.46. The molecule has 2 saturated heterocycles. The predicted octanol–water partition coefficient (Wildman–Crippen LogP) is 0.325. The molecular weight excluding hydrogens is 206 g/mol. The van der Waals surface area contributed by atoms with E-state index in [-0.39, 0.29) is 6.01 Å². The topological polar surface area (TPSA) is 71.4 Å². The molecule has 2 atom stereocenters. The van der Waals surface area contributed by atoms with Crippen molar-refractivity contribution in [3.63, 3.8) is 0 Å². The molecule has 0 aromatic carbocycles. The van der Waals surface area contributed by atoms with Crippen molar-refractivity contribution in [2.24, 2.45) is 0 Å². The molecule has 0 amide bonds. The van der Waals surface area contributed by atoms with Crippen molar-refractivity contribution < 1.29 is 4.42 Å². The van der Waals surface area contributed by atoms with Crippen LogP contribution in [-0.2, 0) is 0 Å². The van der Waals surface area contributed by atoms with Crippen LogP contribution in [0.3, 0.4) is 0 Å². The van der Waals surface area contributed by atoms with Gasteiger partial charge in [0.25, 0.3) is 0 Å². The Hall–Kier alpha value is -1.30. The van der Waals surface area contributed by atoms with Gasteiger partial charge in [-0.3, -0.25) is 4.90 Å². The Morgan fingerprint density at radius 2 is 2.06 bits per heavy atom. The molecule has 6 nitrogen and oxygen atoms in total. The molecule has 0 aliphatic carbocycles. The van der Waals surface area contributed by atoms with Crippen LogP contribution in [0.1, 0.15) is 19.3 Å². The van der Waals surface area contributed by atoms with Crippen LogP contribution in [-0.4, -0.2) is 47.3 Å². The number of nitrogens with two attached hydrogens (primary N) is 1. The lowest BCUT2D eigenvalue weighted by atomic mass is 10.1. The molecule has 2 fully saturated rings. The second-order valence-electron chi connectivity index (χ2n) is 4.71. The van der Waals surface area contributed by atoms with Gasteiger partial charge in [-0.25, -0.2) is 0 Å². The summed E-state index contributed by atoms with van der Waals surface area (Å²) in [5.74, 6) is 0. The van der Waals surface area contributed by atoms with Crippen LogP contribution in [0.2, 0.25) is 0 Å². The molecule has 0 radical (unpaired) electrons. The summed E-state index contributed by atoms with van der Waals surface area (Å²) in [4.78, 5) is 4.64. The molecule has 3 heterocycles. The highest BCUT2D eigenvalue weighted by molar-refractivity contribution is 5.29. The fraction of sp³-hybridized carbons (Fsp3) is 0.800. The number of aromatic nitrogens is 2. The SMILES string of the molecule is CN1C2CCC1CN(c1nnc(N)o1)CC2. The minimum absolute atomic E-state index is 0.151. The van der Waals surface area contributed by atoms with Gasteiger partial charge in [-0.15, -0.1) is 0 Å². The standard InChI is InChI=1S/C10H17N5O/c1-14-7-2-3-8(14)6-15(5-4-7)10-13-12-9(11)16-10/h7-8H,2-6H2,1H3,(H2,11,12). The van der Waals surface area contributed by atoms with E-state index in [1.54, 1.807) is 0 Å². The average Bonchev–Trinajstić information content (AvgIpc) is 2.74. The summed E-state index contributed by atoms with van der Waals surface area (Å²) in [7, 11) is 2.22. The zero-order chi connectivity index (χ0) is 11.1. The van der Waals surface area contributed by atoms with Crippen molar-refractivity contribution in [2.45, 2.75) is 31.3 Å². The molecule has 0 spiro atoms. The highest BCUT2D eigenvalue weighted by Crippen LogP contribution is 2.30. The third-order valence-corrected chi connectivity index (χ3v) is 3.85. The van der Waals surface area contributed by atoms with Crippen molar-refractivity contribution in [1.82, 2.24) is 15.1 Å². The molecule has 2 unspecified atom stereocenters. The number of likely N-dealkylation sites (N-methyl/N-ethyl adjacent to an activating group) is 1. The molecule has 16 heavy (non-hydrogen) atoms. The minimum atomic E-state index is 0.151. The van der Waals surface area contributed by atoms with Crippen LogP contribution >= 0.6 is 0 Å². The van der Waals surface area contributed by atoms with Crippen LogP contribution in [0.25, 0.3) is 0 Å². The molecule has 1 aromatic heterocycles. The summed E-state index contributed by atoms with van der Waals surface area (Å²) in [5, 5.41) is 7.66. The summed E-state index contributed by atoms with van der Waals surface area (Å²) in [5.41, 5.74) is 5.45. The van der Waals surface area contributed by atoms with E-state index in [9.17, 15) is 0 Å². The van der Waals surface area contributed by atoms with E-state index < -0.39 is 0 Å². The number of rotatable bonds is 1. The normalized spacial score (nSPS) is 30.7. The van der Waals surface area contributed by atoms with Gasteiger partial charge in [-0.2, -0.15) is 0 Å². The van der Waals surface area contributed by atoms with Gasteiger partial charge in [0.05, 0.1) is 0 Å². The molecule has 88 valence electrons. The number of fused-ring (bicyclic) bond motifs is 2. The summed E-state index contributed by atoms with van der Waals surface area (Å²) >= 11 is 0. The molecule has 1 aromatic rings. The van der Waals surface area contributed by atoms with E-state index in [0.29, 0.717) is 12.1 Å². The highest BCUT2D eigenvalue weighted by Gasteiger charge is 2.35. The first kappa shape index (κ1) is 9.89. The Labute approximate surface area is 94.4 Å². The Bertz CT molecular complexity index is 379. The Morgan fingerprint density at radius 1 is 1.25 bits per heavy atom. The number of anilines is 2. The Morgan fingerprint density at radius 3 is 2.81 bits per heavy atom. The van der Waals surface area contributed by atoms with Crippen molar-refractivity contribution in [2.75, 3.05) is 30.8 Å². The fourth-order valence-corrected chi connectivity index (χ4v) is 2.84. The van der Waals surface area contributed by atoms with Gasteiger partial charge in [0.1, 0.15) is 0 Å². The Kier molecular flexibility index (Phi) is 2.24. The van der Waals surface area contributed by atoms with Crippen LogP contribution in [0.15, 0.2) is 4.42 Å². The molecule has 2 aliphatic heterocycles. The third kappa shape index (κ3) is 1.53. The largest absolute Gasteiger partial charge is 0.390 e. The van der Waals surface area contributed by atoms with Gasteiger partial charge < -0.3 is 15.1 Å². The van der Waals surface area contributed by atoms with Gasteiger partial charge in [0.15, 0.2) is 0 Å². The summed E-state index contributed by atoms with van der Waals surface area (Å²) in [6.07, 6.45) is 3.75. The zero-order valence-electron chi connectivity index (χ0n) is 9.46. The molecule has 2 bridgehead atoms. The highest BCUT2D eigenvalue weighted by atomic mass is 16.4. The van der Waals surface area contributed by atoms with Crippen molar-refractivity contribution in [1.29, 1.82) is 0 Å². The number of hydrogen-bond donors (Lipinski definition) is 1. The maximum Gasteiger partial charge on any atom is 0.319 e. The molecule has 0 saturated carbocycles. The van der Waals surface area contributed by atoms with Crippen LogP contribution in [0.4, 0.5) is 12.0 Å². The monoisotopic (exact) mass is 223 g/mol. The van der Waals surface area contributed by atoms with Gasteiger partial charge in [-0.1, -0.05) is 10.2 Å².